The van der Waals surface area contributed by atoms with E-state index in [9.17, 15) is 4.79 Å². The Morgan fingerprint density at radius 3 is 2.70 bits per heavy atom. The summed E-state index contributed by atoms with van der Waals surface area (Å²) in [6, 6.07) is 0.224. The van der Waals surface area contributed by atoms with E-state index in [0.29, 0.717) is 6.42 Å². The number of unbranched alkanes of at least 4 members (excludes halogenated alkanes) is 2. The highest BCUT2D eigenvalue weighted by Gasteiger charge is 2.04. The maximum absolute atomic E-state index is 11.5. The molecule has 1 N–H and O–H groups in total. The molecule has 0 radical (unpaired) electrons. The van der Waals surface area contributed by atoms with Gasteiger partial charge in [-0.25, -0.2) is 0 Å². The Morgan fingerprint density at radius 2 is 2.00 bits per heavy atom. The zero-order valence-corrected chi connectivity index (χ0v) is 15.0. The highest BCUT2D eigenvalue weighted by atomic mass is 16.5. The molecule has 6 heteroatoms. The largest absolute Gasteiger partial charge is 0.379 e. The number of aromatic nitrogens is 3. The van der Waals surface area contributed by atoms with Crippen molar-refractivity contribution in [2.45, 2.75) is 84.9 Å². The number of ether oxygens (including phenoxy) is 1. The zero-order chi connectivity index (χ0) is 17.1. The standard InChI is InChI=1S/C17H32N4O2/c1-14(2)18-17(22)10-6-5-7-11-21-13-16(19-20-21)9-8-12-23-15(3)4/h13-15H,5-12H2,1-4H3,(H,18,22). The van der Waals surface area contributed by atoms with Gasteiger partial charge in [0.15, 0.2) is 0 Å². The van der Waals surface area contributed by atoms with Crippen molar-refractivity contribution < 1.29 is 9.53 Å². The fourth-order valence-electron chi connectivity index (χ4n) is 2.26. The molecule has 1 aromatic heterocycles. The van der Waals surface area contributed by atoms with E-state index in [0.717, 1.165) is 50.9 Å². The van der Waals surface area contributed by atoms with E-state index < -0.39 is 0 Å². The van der Waals surface area contributed by atoms with Crippen molar-refractivity contribution in [2.24, 2.45) is 0 Å². The first-order chi connectivity index (χ1) is 11.0. The molecule has 6 nitrogen and oxygen atoms in total. The molecule has 0 saturated carbocycles. The van der Waals surface area contributed by atoms with Crippen molar-refractivity contribution in [2.75, 3.05) is 6.61 Å². The molecule has 0 bridgehead atoms. The third-order valence-corrected chi connectivity index (χ3v) is 3.36. The highest BCUT2D eigenvalue weighted by Crippen LogP contribution is 2.04. The van der Waals surface area contributed by atoms with Gasteiger partial charge in [-0.2, -0.15) is 0 Å². The molecule has 0 spiro atoms. The zero-order valence-electron chi connectivity index (χ0n) is 15.0. The molecule has 0 saturated heterocycles. The number of nitrogens with one attached hydrogen (secondary N) is 1. The minimum Gasteiger partial charge on any atom is -0.379 e. The Morgan fingerprint density at radius 1 is 1.22 bits per heavy atom. The third kappa shape index (κ3) is 10.0. The summed E-state index contributed by atoms with van der Waals surface area (Å²) >= 11 is 0. The fourth-order valence-corrected chi connectivity index (χ4v) is 2.26. The average Bonchev–Trinajstić information content (AvgIpc) is 2.90. The second-order valence-electron chi connectivity index (χ2n) is 6.53. The maximum atomic E-state index is 11.5. The van der Waals surface area contributed by atoms with Gasteiger partial charge in [-0.05, 0) is 53.4 Å². The molecule has 1 amide bonds. The maximum Gasteiger partial charge on any atom is 0.220 e. The molecule has 1 heterocycles. The van der Waals surface area contributed by atoms with Crippen LogP contribution in [-0.2, 0) is 22.5 Å². The van der Waals surface area contributed by atoms with Crippen LogP contribution in [0.2, 0.25) is 0 Å². The smallest absolute Gasteiger partial charge is 0.220 e. The van der Waals surface area contributed by atoms with Crippen LogP contribution in [0, 0.1) is 0 Å². The Balaban J connectivity index is 2.08. The van der Waals surface area contributed by atoms with Gasteiger partial charge in [0, 0.05) is 31.8 Å². The van der Waals surface area contributed by atoms with Crippen LogP contribution in [0.15, 0.2) is 6.20 Å². The summed E-state index contributed by atoms with van der Waals surface area (Å²) in [4.78, 5) is 11.5. The van der Waals surface area contributed by atoms with Crippen molar-refractivity contribution in [1.82, 2.24) is 20.3 Å². The monoisotopic (exact) mass is 324 g/mol. The van der Waals surface area contributed by atoms with Crippen LogP contribution in [0.1, 0.15) is 65.5 Å². The van der Waals surface area contributed by atoms with Gasteiger partial charge >= 0.3 is 0 Å². The topological polar surface area (TPSA) is 69.0 Å². The van der Waals surface area contributed by atoms with Crippen molar-refractivity contribution in [3.05, 3.63) is 11.9 Å². The van der Waals surface area contributed by atoms with Gasteiger partial charge in [0.05, 0.1) is 11.8 Å². The molecule has 0 unspecified atom stereocenters. The first-order valence-corrected chi connectivity index (χ1v) is 8.77. The van der Waals surface area contributed by atoms with E-state index in [4.69, 9.17) is 4.74 Å². The lowest BCUT2D eigenvalue weighted by atomic mass is 10.2. The second kappa shape index (κ2) is 11.2. The molecule has 0 aliphatic heterocycles. The highest BCUT2D eigenvalue weighted by molar-refractivity contribution is 5.76. The Kier molecular flexibility index (Phi) is 9.52. The van der Waals surface area contributed by atoms with Gasteiger partial charge in [0.25, 0.3) is 0 Å². The van der Waals surface area contributed by atoms with Gasteiger partial charge in [0.2, 0.25) is 5.91 Å². The van der Waals surface area contributed by atoms with Gasteiger partial charge in [-0.15, -0.1) is 5.10 Å². The van der Waals surface area contributed by atoms with Crippen LogP contribution in [0.25, 0.3) is 0 Å². The number of hydrogen-bond donors (Lipinski definition) is 1. The molecule has 23 heavy (non-hydrogen) atoms. The minimum absolute atomic E-state index is 0.145. The van der Waals surface area contributed by atoms with Crippen LogP contribution in [0.4, 0.5) is 0 Å². The molecule has 0 aliphatic rings. The molecule has 1 aromatic rings. The summed E-state index contributed by atoms with van der Waals surface area (Å²) < 4.78 is 7.41. The van der Waals surface area contributed by atoms with E-state index in [-0.39, 0.29) is 18.1 Å². The summed E-state index contributed by atoms with van der Waals surface area (Å²) in [6.07, 6.45) is 7.76. The summed E-state index contributed by atoms with van der Waals surface area (Å²) in [5.74, 6) is 0.145. The molecule has 132 valence electrons. The van der Waals surface area contributed by atoms with Gasteiger partial charge in [-0.1, -0.05) is 11.6 Å². The van der Waals surface area contributed by atoms with Crippen LogP contribution in [-0.4, -0.2) is 39.7 Å². The Hall–Kier alpha value is -1.43. The predicted molar refractivity (Wildman–Crippen MR) is 91.2 cm³/mol. The SMILES string of the molecule is CC(C)NC(=O)CCCCCn1cc(CCCOC(C)C)nn1. The summed E-state index contributed by atoms with van der Waals surface area (Å²) in [6.45, 7) is 9.68. The van der Waals surface area contributed by atoms with E-state index in [2.05, 4.69) is 15.6 Å². The quantitative estimate of drug-likeness (QED) is 0.600. The minimum atomic E-state index is 0.145. The summed E-state index contributed by atoms with van der Waals surface area (Å²) in [5, 5.41) is 11.2. The average molecular weight is 324 g/mol. The number of hydrogen-bond acceptors (Lipinski definition) is 4. The number of carbonyl (C=O) groups is 1. The summed E-state index contributed by atoms with van der Waals surface area (Å²) in [7, 11) is 0. The normalized spacial score (nSPS) is 11.4. The molecule has 1 rings (SSSR count). The first-order valence-electron chi connectivity index (χ1n) is 8.77. The number of aryl methyl sites for hydroxylation is 2. The molecular weight excluding hydrogens is 292 g/mol. The summed E-state index contributed by atoms with van der Waals surface area (Å²) in [5.41, 5.74) is 1.02. The number of amides is 1. The number of rotatable bonds is 12. The molecule has 0 aromatic carbocycles. The van der Waals surface area contributed by atoms with Crippen LogP contribution >= 0.6 is 0 Å². The van der Waals surface area contributed by atoms with Crippen molar-refractivity contribution in [3.8, 4) is 0 Å². The lowest BCUT2D eigenvalue weighted by molar-refractivity contribution is -0.121. The lowest BCUT2D eigenvalue weighted by Crippen LogP contribution is -2.29. The fraction of sp³-hybridized carbons (Fsp3) is 0.824. The van der Waals surface area contributed by atoms with E-state index in [1.807, 2.05) is 38.6 Å². The van der Waals surface area contributed by atoms with Crippen LogP contribution < -0.4 is 5.32 Å². The van der Waals surface area contributed by atoms with Crippen LogP contribution in [0.3, 0.4) is 0 Å². The predicted octanol–water partition coefficient (Wildman–Crippen LogP) is 2.72. The first kappa shape index (κ1) is 19.6. The van der Waals surface area contributed by atoms with Gasteiger partial charge in [0.1, 0.15) is 0 Å². The van der Waals surface area contributed by atoms with Gasteiger partial charge < -0.3 is 10.1 Å². The third-order valence-electron chi connectivity index (χ3n) is 3.36. The van der Waals surface area contributed by atoms with Crippen molar-refractivity contribution in [3.63, 3.8) is 0 Å². The van der Waals surface area contributed by atoms with E-state index in [1.165, 1.54) is 0 Å². The van der Waals surface area contributed by atoms with E-state index in [1.54, 1.807) is 0 Å². The van der Waals surface area contributed by atoms with Crippen molar-refractivity contribution in [1.29, 1.82) is 0 Å². The molecule has 0 atom stereocenters. The second-order valence-corrected chi connectivity index (χ2v) is 6.53. The molecule has 0 aliphatic carbocycles. The molecular formula is C17H32N4O2. The van der Waals surface area contributed by atoms with E-state index >= 15 is 0 Å². The molecule has 0 fully saturated rings. The van der Waals surface area contributed by atoms with Crippen molar-refractivity contribution >= 4 is 5.91 Å². The van der Waals surface area contributed by atoms with Crippen LogP contribution in [0.5, 0.6) is 0 Å². The Labute approximate surface area is 140 Å². The number of nitrogens with zero attached hydrogens (tertiary/aromatic N) is 3. The Bertz CT molecular complexity index is 444. The number of carbonyl (C=O) groups excluding carboxylic acids is 1. The van der Waals surface area contributed by atoms with Gasteiger partial charge in [-0.3, -0.25) is 9.48 Å². The lowest BCUT2D eigenvalue weighted by Gasteiger charge is -2.07.